The molecule has 0 spiro atoms. The number of quaternary nitrogens is 1. The highest BCUT2D eigenvalue weighted by Crippen LogP contribution is 2.26. The SMILES string of the molecule is COc1ccccc1-n1nnnc1SCC[C@@H]1CCCC[NH+]1C. The van der Waals surface area contributed by atoms with Crippen molar-refractivity contribution in [3.05, 3.63) is 24.3 Å². The highest BCUT2D eigenvalue weighted by molar-refractivity contribution is 7.99. The van der Waals surface area contributed by atoms with Gasteiger partial charge in [-0.1, -0.05) is 23.9 Å². The summed E-state index contributed by atoms with van der Waals surface area (Å²) in [7, 11) is 3.98. The molecule has 1 saturated heterocycles. The Morgan fingerprint density at radius 2 is 2.22 bits per heavy atom. The number of methoxy groups -OCH3 is 1. The first-order chi connectivity index (χ1) is 11.3. The average molecular weight is 334 g/mol. The molecule has 1 unspecified atom stereocenters. The predicted octanol–water partition coefficient (Wildman–Crippen LogP) is 1.22. The van der Waals surface area contributed by atoms with Crippen molar-refractivity contribution >= 4 is 11.8 Å². The van der Waals surface area contributed by atoms with E-state index in [0.29, 0.717) is 0 Å². The largest absolute Gasteiger partial charge is 0.494 e. The zero-order chi connectivity index (χ0) is 16.1. The Hall–Kier alpha value is -1.60. The molecule has 1 aliphatic heterocycles. The van der Waals surface area contributed by atoms with Gasteiger partial charge in [-0.15, -0.1) is 5.10 Å². The summed E-state index contributed by atoms with van der Waals surface area (Å²) in [5, 5.41) is 13.0. The van der Waals surface area contributed by atoms with Crippen molar-refractivity contribution in [2.24, 2.45) is 0 Å². The van der Waals surface area contributed by atoms with Gasteiger partial charge in [-0.05, 0) is 41.8 Å². The number of para-hydroxylation sites is 2. The molecular weight excluding hydrogens is 310 g/mol. The van der Waals surface area contributed by atoms with Crippen molar-refractivity contribution in [1.29, 1.82) is 0 Å². The summed E-state index contributed by atoms with van der Waals surface area (Å²) in [6, 6.07) is 8.58. The standard InChI is InChI=1S/C16H23N5OS/c1-20-11-6-5-7-13(20)10-12-23-16-17-18-19-21(16)14-8-3-4-9-15(14)22-2/h3-4,8-9,13H,5-7,10-12H2,1-2H3/p+1/t13-/m0/s1. The van der Waals surface area contributed by atoms with Gasteiger partial charge in [0, 0.05) is 12.2 Å². The number of nitrogens with zero attached hydrogens (tertiary/aromatic N) is 4. The quantitative estimate of drug-likeness (QED) is 0.805. The molecule has 1 fully saturated rings. The second kappa shape index (κ2) is 7.79. The van der Waals surface area contributed by atoms with E-state index in [1.807, 2.05) is 24.3 Å². The zero-order valence-electron chi connectivity index (χ0n) is 13.7. The van der Waals surface area contributed by atoms with Crippen molar-refractivity contribution in [1.82, 2.24) is 20.2 Å². The summed E-state index contributed by atoms with van der Waals surface area (Å²) in [6.45, 7) is 1.30. The van der Waals surface area contributed by atoms with Gasteiger partial charge in [0.25, 0.3) is 0 Å². The molecule has 7 heteroatoms. The average Bonchev–Trinajstić information content (AvgIpc) is 3.05. The van der Waals surface area contributed by atoms with Crippen molar-refractivity contribution in [2.45, 2.75) is 36.9 Å². The number of hydrogen-bond acceptors (Lipinski definition) is 5. The Morgan fingerprint density at radius 1 is 1.35 bits per heavy atom. The fourth-order valence-electron chi connectivity index (χ4n) is 3.15. The number of piperidine rings is 1. The number of tetrazole rings is 1. The van der Waals surface area contributed by atoms with Crippen LogP contribution in [-0.4, -0.2) is 52.7 Å². The van der Waals surface area contributed by atoms with E-state index >= 15 is 0 Å². The van der Waals surface area contributed by atoms with Crippen LogP contribution >= 0.6 is 11.8 Å². The molecule has 124 valence electrons. The summed E-state index contributed by atoms with van der Waals surface area (Å²) >= 11 is 1.72. The van der Waals surface area contributed by atoms with Gasteiger partial charge >= 0.3 is 0 Å². The van der Waals surface area contributed by atoms with Crippen LogP contribution in [0.2, 0.25) is 0 Å². The first-order valence-corrected chi connectivity index (χ1v) is 9.15. The van der Waals surface area contributed by atoms with Crippen molar-refractivity contribution in [3.8, 4) is 11.4 Å². The Labute approximate surface area is 141 Å². The molecular formula is C16H24N5OS+. The lowest BCUT2D eigenvalue weighted by Gasteiger charge is -2.29. The van der Waals surface area contributed by atoms with Gasteiger partial charge in [0.05, 0.1) is 26.7 Å². The molecule has 1 N–H and O–H groups in total. The molecule has 0 radical (unpaired) electrons. The summed E-state index contributed by atoms with van der Waals surface area (Å²) in [4.78, 5) is 1.67. The topological polar surface area (TPSA) is 57.3 Å². The minimum atomic E-state index is 0.770. The van der Waals surface area contributed by atoms with Crippen LogP contribution in [-0.2, 0) is 0 Å². The maximum Gasteiger partial charge on any atom is 0.214 e. The first kappa shape index (κ1) is 16.3. The number of rotatable bonds is 6. The second-order valence-corrected chi connectivity index (χ2v) is 7.03. The smallest absolute Gasteiger partial charge is 0.214 e. The van der Waals surface area contributed by atoms with Gasteiger partial charge in [-0.3, -0.25) is 0 Å². The molecule has 0 amide bonds. The number of aromatic nitrogens is 4. The lowest BCUT2D eigenvalue weighted by atomic mass is 10.0. The van der Waals surface area contributed by atoms with Crippen molar-refractivity contribution < 1.29 is 9.64 Å². The lowest BCUT2D eigenvalue weighted by Crippen LogP contribution is -3.13. The fraction of sp³-hybridized carbons (Fsp3) is 0.562. The van der Waals surface area contributed by atoms with Crippen LogP contribution in [0.4, 0.5) is 0 Å². The van der Waals surface area contributed by atoms with Crippen LogP contribution in [0.25, 0.3) is 5.69 Å². The number of ether oxygens (including phenoxy) is 1. The van der Waals surface area contributed by atoms with E-state index < -0.39 is 0 Å². The van der Waals surface area contributed by atoms with Crippen LogP contribution in [0.3, 0.4) is 0 Å². The maximum absolute atomic E-state index is 5.41. The first-order valence-electron chi connectivity index (χ1n) is 8.16. The van der Waals surface area contributed by atoms with Gasteiger partial charge in [-0.2, -0.15) is 4.68 Å². The molecule has 0 bridgehead atoms. The van der Waals surface area contributed by atoms with E-state index in [1.54, 1.807) is 28.5 Å². The third kappa shape index (κ3) is 3.84. The van der Waals surface area contributed by atoms with Crippen LogP contribution in [0.1, 0.15) is 25.7 Å². The van der Waals surface area contributed by atoms with E-state index in [2.05, 4.69) is 22.6 Å². The van der Waals surface area contributed by atoms with Gasteiger partial charge in [0.1, 0.15) is 11.4 Å². The number of thioether (sulfide) groups is 1. The Bertz CT molecular complexity index is 632. The minimum absolute atomic E-state index is 0.770. The molecule has 3 rings (SSSR count). The molecule has 1 aromatic heterocycles. The number of likely N-dealkylation sites (tertiary alicyclic amines) is 1. The molecule has 2 aromatic rings. The molecule has 0 saturated carbocycles. The Balaban J connectivity index is 1.65. The lowest BCUT2D eigenvalue weighted by molar-refractivity contribution is -0.911. The predicted molar refractivity (Wildman–Crippen MR) is 90.4 cm³/mol. The summed E-state index contributed by atoms with van der Waals surface area (Å²) in [5.41, 5.74) is 0.878. The molecule has 2 atom stereocenters. The zero-order valence-corrected chi connectivity index (χ0v) is 14.6. The van der Waals surface area contributed by atoms with Gasteiger partial charge in [-0.25, -0.2) is 0 Å². The van der Waals surface area contributed by atoms with Crippen LogP contribution in [0.5, 0.6) is 5.75 Å². The molecule has 1 aliphatic rings. The molecule has 23 heavy (non-hydrogen) atoms. The van der Waals surface area contributed by atoms with E-state index in [9.17, 15) is 0 Å². The maximum atomic E-state index is 5.41. The molecule has 2 heterocycles. The monoisotopic (exact) mass is 334 g/mol. The van der Waals surface area contributed by atoms with Gasteiger partial charge in [0.2, 0.25) is 5.16 Å². The Kier molecular flexibility index (Phi) is 5.51. The summed E-state index contributed by atoms with van der Waals surface area (Å²) < 4.78 is 7.17. The highest BCUT2D eigenvalue weighted by atomic mass is 32.2. The van der Waals surface area contributed by atoms with Gasteiger partial charge < -0.3 is 9.64 Å². The normalized spacial score (nSPS) is 21.3. The van der Waals surface area contributed by atoms with Crippen molar-refractivity contribution in [2.75, 3.05) is 26.5 Å². The van der Waals surface area contributed by atoms with E-state index in [4.69, 9.17) is 4.74 Å². The Morgan fingerprint density at radius 3 is 3.04 bits per heavy atom. The number of nitrogens with one attached hydrogen (secondary N) is 1. The fourth-order valence-corrected chi connectivity index (χ4v) is 4.09. The minimum Gasteiger partial charge on any atom is -0.494 e. The van der Waals surface area contributed by atoms with Crippen molar-refractivity contribution in [3.63, 3.8) is 0 Å². The van der Waals surface area contributed by atoms with Crippen LogP contribution in [0.15, 0.2) is 29.4 Å². The third-order valence-corrected chi connectivity index (χ3v) is 5.47. The summed E-state index contributed by atoms with van der Waals surface area (Å²) in [5.74, 6) is 1.82. The summed E-state index contributed by atoms with van der Waals surface area (Å²) in [6.07, 6.45) is 5.27. The van der Waals surface area contributed by atoms with E-state index in [1.165, 1.54) is 32.2 Å². The van der Waals surface area contributed by atoms with E-state index in [0.717, 1.165) is 28.4 Å². The highest BCUT2D eigenvalue weighted by Gasteiger charge is 2.22. The third-order valence-electron chi connectivity index (χ3n) is 4.52. The van der Waals surface area contributed by atoms with Crippen LogP contribution in [0, 0.1) is 0 Å². The second-order valence-electron chi connectivity index (χ2n) is 5.97. The molecule has 6 nitrogen and oxygen atoms in total. The number of hydrogen-bond donors (Lipinski definition) is 1. The van der Waals surface area contributed by atoms with Crippen LogP contribution < -0.4 is 9.64 Å². The number of benzene rings is 1. The molecule has 1 aromatic carbocycles. The van der Waals surface area contributed by atoms with E-state index in [-0.39, 0.29) is 0 Å². The molecule has 0 aliphatic carbocycles. The van der Waals surface area contributed by atoms with Gasteiger partial charge in [0.15, 0.2) is 0 Å².